The molecule has 9 heteroatoms. The molecule has 1 saturated heterocycles. The third-order valence-electron chi connectivity index (χ3n) is 5.64. The second kappa shape index (κ2) is 11.4. The lowest BCUT2D eigenvalue weighted by atomic mass is 10.1. The van der Waals surface area contributed by atoms with Crippen LogP contribution in [0, 0.1) is 6.92 Å². The van der Waals surface area contributed by atoms with Crippen molar-refractivity contribution < 1.29 is 9.53 Å². The lowest BCUT2D eigenvalue weighted by Crippen LogP contribution is -2.32. The van der Waals surface area contributed by atoms with Gasteiger partial charge in [-0.25, -0.2) is 14.6 Å². The summed E-state index contributed by atoms with van der Waals surface area (Å²) in [6.07, 6.45) is 6.58. The number of fused-ring (bicyclic) bond motifs is 1. The number of anilines is 1. The summed E-state index contributed by atoms with van der Waals surface area (Å²) in [5, 5.41) is 9.26. The van der Waals surface area contributed by atoms with Gasteiger partial charge in [-0.05, 0) is 44.2 Å². The third kappa shape index (κ3) is 5.96. The fourth-order valence-corrected chi connectivity index (χ4v) is 4.59. The van der Waals surface area contributed by atoms with E-state index in [9.17, 15) is 4.79 Å². The van der Waals surface area contributed by atoms with Gasteiger partial charge >= 0.3 is 0 Å². The van der Waals surface area contributed by atoms with E-state index in [2.05, 4.69) is 22.2 Å². The van der Waals surface area contributed by atoms with Gasteiger partial charge in [0.2, 0.25) is 0 Å². The summed E-state index contributed by atoms with van der Waals surface area (Å²) in [7, 11) is 0. The summed E-state index contributed by atoms with van der Waals surface area (Å²) >= 11 is 1.68. The normalized spacial score (nSPS) is 13.9. The maximum Gasteiger partial charge on any atom is 0.258 e. The minimum atomic E-state index is -0.155. The van der Waals surface area contributed by atoms with Gasteiger partial charge in [-0.15, -0.1) is 0 Å². The minimum absolute atomic E-state index is 0.0101. The highest BCUT2D eigenvalue weighted by Crippen LogP contribution is 2.29. The number of nitrogens with one attached hydrogen (secondary N) is 1. The molecule has 33 heavy (non-hydrogen) atoms. The number of amides is 1. The molecule has 1 aromatic carbocycles. The third-order valence-corrected chi connectivity index (χ3v) is 6.70. The Morgan fingerprint density at radius 2 is 2.00 bits per heavy atom. The van der Waals surface area contributed by atoms with Gasteiger partial charge in [-0.1, -0.05) is 36.9 Å². The Bertz CT molecular complexity index is 1080. The Morgan fingerprint density at radius 1 is 1.18 bits per heavy atom. The Balaban J connectivity index is 1.41. The van der Waals surface area contributed by atoms with Crippen molar-refractivity contribution in [2.75, 3.05) is 36.9 Å². The standard InChI is InChI=1S/C24H32N6O2S/c1-3-15-33-24-27-22(29-12-7-4-8-13-29)19-16-26-30(23(19)28-24)14-11-25-21(31)17-32-20-10-6-5-9-18(20)2/h5-6,9-10,16H,3-4,7-8,11-15,17H2,1-2H3,(H,25,31). The highest BCUT2D eigenvalue weighted by Gasteiger charge is 2.20. The number of aryl methyl sites for hydroxylation is 1. The maximum absolute atomic E-state index is 12.3. The van der Waals surface area contributed by atoms with Crippen LogP contribution in [0.3, 0.4) is 0 Å². The van der Waals surface area contributed by atoms with Gasteiger partial charge in [0.25, 0.3) is 5.91 Å². The number of carbonyl (C=O) groups is 1. The van der Waals surface area contributed by atoms with Gasteiger partial charge < -0.3 is 15.0 Å². The lowest BCUT2D eigenvalue weighted by molar-refractivity contribution is -0.123. The molecule has 1 fully saturated rings. The van der Waals surface area contributed by atoms with E-state index < -0.39 is 0 Å². The topological polar surface area (TPSA) is 85.2 Å². The van der Waals surface area contributed by atoms with Crippen molar-refractivity contribution in [1.29, 1.82) is 0 Å². The van der Waals surface area contributed by atoms with E-state index in [1.54, 1.807) is 11.8 Å². The molecule has 4 rings (SSSR count). The van der Waals surface area contributed by atoms with E-state index in [1.165, 1.54) is 19.3 Å². The smallest absolute Gasteiger partial charge is 0.258 e. The first kappa shape index (κ1) is 23.4. The molecule has 0 bridgehead atoms. The van der Waals surface area contributed by atoms with Crippen LogP contribution in [0.25, 0.3) is 11.0 Å². The van der Waals surface area contributed by atoms with Crippen LogP contribution >= 0.6 is 11.8 Å². The van der Waals surface area contributed by atoms with E-state index >= 15 is 0 Å². The van der Waals surface area contributed by atoms with Gasteiger partial charge in [0.05, 0.1) is 18.1 Å². The first-order valence-corrected chi connectivity index (χ1v) is 12.7. The number of ether oxygens (including phenoxy) is 1. The summed E-state index contributed by atoms with van der Waals surface area (Å²) in [4.78, 5) is 24.3. The monoisotopic (exact) mass is 468 g/mol. The SMILES string of the molecule is CCCSc1nc(N2CCCCC2)c2cnn(CCNC(=O)COc3ccccc3C)c2n1. The van der Waals surface area contributed by atoms with Crippen LogP contribution in [0.15, 0.2) is 35.6 Å². The van der Waals surface area contributed by atoms with Gasteiger partial charge in [-0.3, -0.25) is 4.79 Å². The van der Waals surface area contributed by atoms with Gasteiger partial charge in [0.15, 0.2) is 17.4 Å². The number of para-hydroxylation sites is 1. The molecule has 176 valence electrons. The molecule has 1 N–H and O–H groups in total. The molecule has 1 aliphatic heterocycles. The Hall–Kier alpha value is -2.81. The number of piperidine rings is 1. The second-order valence-corrected chi connectivity index (χ2v) is 9.30. The number of aromatic nitrogens is 4. The molecule has 1 amide bonds. The average Bonchev–Trinajstić information content (AvgIpc) is 3.25. The van der Waals surface area contributed by atoms with Gasteiger partial charge in [-0.2, -0.15) is 5.10 Å². The fraction of sp³-hybridized carbons (Fsp3) is 0.500. The molecule has 0 atom stereocenters. The molecule has 2 aromatic heterocycles. The molecular formula is C24H32N6O2S. The molecule has 0 unspecified atom stereocenters. The zero-order chi connectivity index (χ0) is 23.0. The summed E-state index contributed by atoms with van der Waals surface area (Å²) < 4.78 is 7.49. The van der Waals surface area contributed by atoms with Crippen LogP contribution in [0.5, 0.6) is 5.75 Å². The van der Waals surface area contributed by atoms with Crippen LogP contribution in [0.1, 0.15) is 38.2 Å². The van der Waals surface area contributed by atoms with Crippen molar-refractivity contribution in [3.63, 3.8) is 0 Å². The molecule has 3 aromatic rings. The summed E-state index contributed by atoms with van der Waals surface area (Å²) in [5.74, 6) is 2.54. The Labute approximate surface area is 199 Å². The first-order chi connectivity index (χ1) is 16.2. The number of benzene rings is 1. The molecule has 0 radical (unpaired) electrons. The predicted octanol–water partition coefficient (Wildman–Crippen LogP) is 3.82. The van der Waals surface area contributed by atoms with Crippen molar-refractivity contribution in [3.05, 3.63) is 36.0 Å². The van der Waals surface area contributed by atoms with E-state index in [0.717, 1.165) is 58.6 Å². The number of nitrogens with zero attached hydrogens (tertiary/aromatic N) is 5. The summed E-state index contributed by atoms with van der Waals surface area (Å²) in [6, 6.07) is 7.68. The Kier molecular flexibility index (Phi) is 8.04. The Morgan fingerprint density at radius 3 is 2.79 bits per heavy atom. The molecule has 1 aliphatic rings. The average molecular weight is 469 g/mol. The van der Waals surface area contributed by atoms with E-state index in [4.69, 9.17) is 14.7 Å². The lowest BCUT2D eigenvalue weighted by Gasteiger charge is -2.28. The zero-order valence-electron chi connectivity index (χ0n) is 19.4. The molecule has 0 spiro atoms. The molecule has 0 saturated carbocycles. The number of rotatable bonds is 10. The second-order valence-electron chi connectivity index (χ2n) is 8.24. The van der Waals surface area contributed by atoms with Crippen LogP contribution in [0.2, 0.25) is 0 Å². The first-order valence-electron chi connectivity index (χ1n) is 11.7. The van der Waals surface area contributed by atoms with E-state index in [1.807, 2.05) is 42.1 Å². The van der Waals surface area contributed by atoms with Crippen molar-refractivity contribution in [1.82, 2.24) is 25.1 Å². The largest absolute Gasteiger partial charge is 0.484 e. The number of hydrogen-bond donors (Lipinski definition) is 1. The summed E-state index contributed by atoms with van der Waals surface area (Å²) in [6.45, 7) is 7.14. The number of hydrogen-bond acceptors (Lipinski definition) is 7. The van der Waals surface area contributed by atoms with Gasteiger partial charge in [0, 0.05) is 25.4 Å². The summed E-state index contributed by atoms with van der Waals surface area (Å²) in [5.41, 5.74) is 1.84. The van der Waals surface area contributed by atoms with E-state index in [0.29, 0.717) is 13.1 Å². The highest BCUT2D eigenvalue weighted by molar-refractivity contribution is 7.99. The number of thioether (sulfide) groups is 1. The van der Waals surface area contributed by atoms with Gasteiger partial charge in [0.1, 0.15) is 11.6 Å². The highest BCUT2D eigenvalue weighted by atomic mass is 32.2. The number of carbonyl (C=O) groups excluding carboxylic acids is 1. The minimum Gasteiger partial charge on any atom is -0.484 e. The van der Waals surface area contributed by atoms with E-state index in [-0.39, 0.29) is 12.5 Å². The van der Waals surface area contributed by atoms with Crippen LogP contribution in [-0.4, -0.2) is 57.6 Å². The molecular weight excluding hydrogens is 436 g/mol. The van der Waals surface area contributed by atoms with Crippen molar-refractivity contribution in [3.8, 4) is 5.75 Å². The van der Waals surface area contributed by atoms with Crippen LogP contribution in [-0.2, 0) is 11.3 Å². The zero-order valence-corrected chi connectivity index (χ0v) is 20.2. The van der Waals surface area contributed by atoms with Crippen molar-refractivity contribution in [2.45, 2.75) is 51.2 Å². The molecule has 3 heterocycles. The quantitative estimate of drug-likeness (QED) is 0.358. The molecule has 0 aliphatic carbocycles. The molecule has 8 nitrogen and oxygen atoms in total. The van der Waals surface area contributed by atoms with Crippen LogP contribution < -0.4 is 15.0 Å². The van der Waals surface area contributed by atoms with Crippen LogP contribution in [0.4, 0.5) is 5.82 Å². The fourth-order valence-electron chi connectivity index (χ4n) is 3.90. The maximum atomic E-state index is 12.3. The predicted molar refractivity (Wildman–Crippen MR) is 132 cm³/mol. The van der Waals surface area contributed by atoms with Crippen molar-refractivity contribution >= 4 is 34.5 Å². The van der Waals surface area contributed by atoms with Crippen molar-refractivity contribution in [2.24, 2.45) is 0 Å².